The van der Waals surface area contributed by atoms with Crippen molar-refractivity contribution in [2.75, 3.05) is 24.5 Å². The number of carbonyl (C=O) groups excluding carboxylic acids is 2. The van der Waals surface area contributed by atoms with Gasteiger partial charge in [0.2, 0.25) is 5.91 Å². The number of nitrogens with zero attached hydrogens (tertiary/aromatic N) is 3. The highest BCUT2D eigenvalue weighted by Crippen LogP contribution is 2.31. The second kappa shape index (κ2) is 6.68. The van der Waals surface area contributed by atoms with Crippen LogP contribution in [0.5, 0.6) is 0 Å². The van der Waals surface area contributed by atoms with E-state index in [2.05, 4.69) is 15.6 Å². The van der Waals surface area contributed by atoms with Crippen molar-refractivity contribution in [3.05, 3.63) is 24.0 Å². The van der Waals surface area contributed by atoms with Gasteiger partial charge in [0.05, 0.1) is 17.9 Å². The minimum atomic E-state index is -0.954. The maximum atomic E-state index is 14.4. The van der Waals surface area contributed by atoms with Gasteiger partial charge in [0.1, 0.15) is 11.8 Å². The number of aromatic nitrogens is 2. The maximum absolute atomic E-state index is 14.4. The molecule has 2 aromatic rings. The molecule has 0 aromatic carbocycles. The van der Waals surface area contributed by atoms with E-state index >= 15 is 0 Å². The molecule has 0 bridgehead atoms. The van der Waals surface area contributed by atoms with Crippen molar-refractivity contribution in [2.24, 2.45) is 0 Å². The third-order valence-corrected chi connectivity index (χ3v) is 5.22. The fourth-order valence-corrected chi connectivity index (χ4v) is 3.80. The number of hydrogen-bond donors (Lipinski definition) is 2. The predicted octanol–water partition coefficient (Wildman–Crippen LogP) is 1.92. The number of fused-ring (bicyclic) bond motifs is 1. The molecule has 2 fully saturated rings. The summed E-state index contributed by atoms with van der Waals surface area (Å²) in [7, 11) is 0. The number of hydrogen-bond acceptors (Lipinski definition) is 4. The van der Waals surface area contributed by atoms with Gasteiger partial charge in [0.15, 0.2) is 0 Å². The minimum Gasteiger partial charge on any atom is -0.326 e. The molecule has 2 aromatic heterocycles. The summed E-state index contributed by atoms with van der Waals surface area (Å²) in [6.07, 6.45) is 4.44. The van der Waals surface area contributed by atoms with Crippen LogP contribution in [0.3, 0.4) is 0 Å². The molecule has 4 heterocycles. The Morgan fingerprint density at radius 2 is 2.23 bits per heavy atom. The molecule has 7 nitrogen and oxygen atoms in total. The number of imide groups is 1. The average Bonchev–Trinajstić information content (AvgIpc) is 3.00. The van der Waals surface area contributed by atoms with Crippen LogP contribution in [0, 0.1) is 0 Å². The van der Waals surface area contributed by atoms with Crippen LogP contribution in [0.25, 0.3) is 11.0 Å². The van der Waals surface area contributed by atoms with E-state index in [1.165, 1.54) is 4.90 Å². The van der Waals surface area contributed by atoms with E-state index in [0.29, 0.717) is 25.2 Å². The van der Waals surface area contributed by atoms with Gasteiger partial charge in [0.25, 0.3) is 0 Å². The van der Waals surface area contributed by atoms with Crippen LogP contribution in [-0.2, 0) is 11.2 Å². The Labute approximate surface area is 150 Å². The highest BCUT2D eigenvalue weighted by Gasteiger charge is 2.29. The van der Waals surface area contributed by atoms with E-state index in [1.54, 1.807) is 6.20 Å². The number of amides is 3. The lowest BCUT2D eigenvalue weighted by atomic mass is 10.0. The van der Waals surface area contributed by atoms with Gasteiger partial charge in [0, 0.05) is 31.1 Å². The Morgan fingerprint density at radius 1 is 1.38 bits per heavy atom. The minimum absolute atomic E-state index is 0.228. The Morgan fingerprint density at radius 3 is 2.96 bits per heavy atom. The normalized spacial score (nSPS) is 24.2. The number of halogens is 1. The van der Waals surface area contributed by atoms with Crippen molar-refractivity contribution in [3.63, 3.8) is 0 Å². The van der Waals surface area contributed by atoms with Crippen molar-refractivity contribution < 1.29 is 14.0 Å². The van der Waals surface area contributed by atoms with Crippen LogP contribution in [-0.4, -0.2) is 47.3 Å². The summed E-state index contributed by atoms with van der Waals surface area (Å²) in [4.78, 5) is 29.5. The average molecular weight is 359 g/mol. The van der Waals surface area contributed by atoms with Crippen molar-refractivity contribution >= 4 is 28.7 Å². The molecule has 0 radical (unpaired) electrons. The molecule has 0 spiro atoms. The van der Waals surface area contributed by atoms with Crippen molar-refractivity contribution in [1.29, 1.82) is 0 Å². The molecular weight excluding hydrogens is 337 g/mol. The lowest BCUT2D eigenvalue weighted by Gasteiger charge is -2.28. The first kappa shape index (κ1) is 17.0. The third-order valence-electron chi connectivity index (χ3n) is 5.22. The first-order valence-electron chi connectivity index (χ1n) is 9.04. The first-order chi connectivity index (χ1) is 12.6. The fraction of sp³-hybridized carbons (Fsp3) is 0.500. The lowest BCUT2D eigenvalue weighted by molar-refractivity contribution is -0.120. The number of nitrogens with one attached hydrogen (secondary N) is 2. The molecule has 138 valence electrons. The summed E-state index contributed by atoms with van der Waals surface area (Å²) in [5.74, 6) is -0.263. The van der Waals surface area contributed by atoms with Gasteiger partial charge in [-0.05, 0) is 31.0 Å². The van der Waals surface area contributed by atoms with Crippen molar-refractivity contribution in [2.45, 2.75) is 38.4 Å². The molecule has 2 aliphatic heterocycles. The number of urea groups is 1. The van der Waals surface area contributed by atoms with Crippen molar-refractivity contribution in [1.82, 2.24) is 20.2 Å². The van der Waals surface area contributed by atoms with Gasteiger partial charge >= 0.3 is 6.03 Å². The molecule has 4 rings (SSSR count). The SMILES string of the molecule is CCc1cn([C@H]2CCNC[C@@H]2F)c2ncc(N3CCC(=O)NC3=O)cc12. The molecule has 3 amide bonds. The van der Waals surface area contributed by atoms with Crippen LogP contribution in [0.2, 0.25) is 0 Å². The van der Waals surface area contributed by atoms with Gasteiger partial charge in [-0.25, -0.2) is 14.2 Å². The van der Waals surface area contributed by atoms with Crippen LogP contribution in [0.1, 0.15) is 31.4 Å². The Balaban J connectivity index is 1.74. The summed E-state index contributed by atoms with van der Waals surface area (Å²) >= 11 is 0. The smallest absolute Gasteiger partial charge is 0.326 e. The van der Waals surface area contributed by atoms with E-state index in [1.807, 2.05) is 23.8 Å². The number of alkyl halides is 1. The van der Waals surface area contributed by atoms with E-state index in [0.717, 1.165) is 29.6 Å². The fourth-order valence-electron chi connectivity index (χ4n) is 3.80. The number of piperidine rings is 1. The summed E-state index contributed by atoms with van der Waals surface area (Å²) in [5.41, 5.74) is 2.47. The Hall–Kier alpha value is -2.48. The number of anilines is 1. The molecule has 2 aliphatic rings. The summed E-state index contributed by atoms with van der Waals surface area (Å²) in [6.45, 7) is 3.52. The topological polar surface area (TPSA) is 79.3 Å². The van der Waals surface area contributed by atoms with Gasteiger partial charge in [-0.3, -0.25) is 15.0 Å². The third kappa shape index (κ3) is 2.84. The van der Waals surface area contributed by atoms with Crippen LogP contribution in [0.15, 0.2) is 18.5 Å². The quantitative estimate of drug-likeness (QED) is 0.878. The van der Waals surface area contributed by atoms with Crippen molar-refractivity contribution in [3.8, 4) is 0 Å². The lowest BCUT2D eigenvalue weighted by Crippen LogP contribution is -2.49. The summed E-state index contributed by atoms with van der Waals surface area (Å²) in [6, 6.07) is 1.26. The largest absolute Gasteiger partial charge is 0.328 e. The second-order valence-corrected chi connectivity index (χ2v) is 6.81. The van der Waals surface area contributed by atoms with Crippen LogP contribution in [0.4, 0.5) is 14.9 Å². The molecule has 0 aliphatic carbocycles. The van der Waals surface area contributed by atoms with Gasteiger partial charge < -0.3 is 9.88 Å². The van der Waals surface area contributed by atoms with Gasteiger partial charge in [-0.1, -0.05) is 6.92 Å². The molecule has 0 unspecified atom stereocenters. The summed E-state index contributed by atoms with van der Waals surface area (Å²) < 4.78 is 16.4. The zero-order chi connectivity index (χ0) is 18.3. The molecule has 8 heteroatoms. The molecule has 2 atom stereocenters. The van der Waals surface area contributed by atoms with Crippen LogP contribution >= 0.6 is 0 Å². The molecule has 2 N–H and O–H groups in total. The monoisotopic (exact) mass is 359 g/mol. The number of rotatable bonds is 3. The molecule has 0 saturated carbocycles. The molecule has 2 saturated heterocycles. The molecular formula is C18H22FN5O2. The zero-order valence-electron chi connectivity index (χ0n) is 14.7. The van der Waals surface area contributed by atoms with E-state index < -0.39 is 12.2 Å². The van der Waals surface area contributed by atoms with Gasteiger partial charge in [-0.2, -0.15) is 0 Å². The number of carbonyl (C=O) groups is 2. The highest BCUT2D eigenvalue weighted by atomic mass is 19.1. The molecule has 26 heavy (non-hydrogen) atoms. The van der Waals surface area contributed by atoms with Gasteiger partial charge in [-0.15, -0.1) is 0 Å². The highest BCUT2D eigenvalue weighted by molar-refractivity contribution is 6.06. The van der Waals surface area contributed by atoms with E-state index in [9.17, 15) is 14.0 Å². The zero-order valence-corrected chi connectivity index (χ0v) is 14.7. The maximum Gasteiger partial charge on any atom is 0.328 e. The number of aryl methyl sites for hydroxylation is 1. The number of pyridine rings is 1. The second-order valence-electron chi connectivity index (χ2n) is 6.81. The standard InChI is InChI=1S/C18H22FN5O2/c1-2-11-10-24(15-3-5-20-9-14(15)19)17-13(11)7-12(8-21-17)23-6-4-16(25)22-18(23)26/h7-8,10,14-15,20H,2-6,9H2,1H3,(H,22,25,26)/t14-,15-/m0/s1. The van der Waals surface area contributed by atoms with Crippen LogP contribution < -0.4 is 15.5 Å². The first-order valence-corrected chi connectivity index (χ1v) is 9.04. The Bertz CT molecular complexity index is 865. The summed E-state index contributed by atoms with van der Waals surface area (Å²) in [5, 5.41) is 6.33. The van der Waals surface area contributed by atoms with E-state index in [4.69, 9.17) is 0 Å². The van der Waals surface area contributed by atoms with E-state index in [-0.39, 0.29) is 18.4 Å². The predicted molar refractivity (Wildman–Crippen MR) is 96.0 cm³/mol. The Kier molecular flexibility index (Phi) is 4.36.